The molecule has 0 saturated carbocycles. The summed E-state index contributed by atoms with van der Waals surface area (Å²) < 4.78 is 3.25. The molecule has 0 unspecified atom stereocenters. The summed E-state index contributed by atoms with van der Waals surface area (Å²) in [7, 11) is 0. The minimum Gasteiger partial charge on any atom is -0.312 e. The molecule has 0 aromatic carbocycles. The van der Waals surface area contributed by atoms with Crippen LogP contribution in [-0.4, -0.2) is 22.4 Å². The van der Waals surface area contributed by atoms with Gasteiger partial charge < -0.3 is 5.32 Å². The zero-order valence-electron chi connectivity index (χ0n) is 8.68. The van der Waals surface area contributed by atoms with E-state index in [-0.39, 0.29) is 0 Å². The van der Waals surface area contributed by atoms with Gasteiger partial charge in [-0.05, 0) is 49.2 Å². The average Bonchev–Trinajstić information content (AvgIpc) is 2.73. The maximum absolute atomic E-state index is 4.50. The molecule has 0 bridgehead atoms. The number of halogens is 1. The molecule has 0 amide bonds. The predicted octanol–water partition coefficient (Wildman–Crippen LogP) is 2.01. The van der Waals surface area contributed by atoms with Crippen LogP contribution in [0.4, 0.5) is 0 Å². The summed E-state index contributed by atoms with van der Waals surface area (Å²) in [6, 6.07) is 0.611. The molecule has 1 saturated heterocycles. The second kappa shape index (κ2) is 4.03. The quantitative estimate of drug-likeness (QED) is 0.879. The Hall–Kier alpha value is -0.350. The van der Waals surface area contributed by atoms with E-state index >= 15 is 0 Å². The Bertz CT molecular complexity index is 326. The Balaban J connectivity index is 2.12. The summed E-state index contributed by atoms with van der Waals surface area (Å²) in [6.07, 6.45) is 2.57. The Labute approximate surface area is 93.0 Å². The van der Waals surface area contributed by atoms with Gasteiger partial charge in [0, 0.05) is 11.7 Å². The molecule has 1 aliphatic heterocycles. The van der Waals surface area contributed by atoms with E-state index in [9.17, 15) is 0 Å². The molecular weight excluding hydrogens is 242 g/mol. The van der Waals surface area contributed by atoms with Gasteiger partial charge in [-0.15, -0.1) is 0 Å². The summed E-state index contributed by atoms with van der Waals surface area (Å²) in [6.45, 7) is 6.30. The topological polar surface area (TPSA) is 29.9 Å². The minimum atomic E-state index is 0.611. The number of aryl methyl sites for hydroxylation is 1. The lowest BCUT2D eigenvalue weighted by molar-refractivity contribution is 0.467. The molecule has 0 aliphatic carbocycles. The number of aromatic nitrogens is 2. The Morgan fingerprint density at radius 1 is 1.57 bits per heavy atom. The fourth-order valence-corrected chi connectivity index (χ4v) is 2.26. The first-order valence-electron chi connectivity index (χ1n) is 5.11. The molecule has 1 aromatic heterocycles. The van der Waals surface area contributed by atoms with Crippen molar-refractivity contribution in [1.29, 1.82) is 0 Å². The third-order valence-corrected chi connectivity index (χ3v) is 4.00. The maximum atomic E-state index is 4.50. The van der Waals surface area contributed by atoms with Crippen molar-refractivity contribution in [3.63, 3.8) is 0 Å². The van der Waals surface area contributed by atoms with Gasteiger partial charge in [-0.1, -0.05) is 0 Å². The van der Waals surface area contributed by atoms with Crippen molar-refractivity contribution in [3.05, 3.63) is 15.9 Å². The third-order valence-electron chi connectivity index (χ3n) is 2.85. The lowest BCUT2D eigenvalue weighted by Gasteiger charge is -2.11. The van der Waals surface area contributed by atoms with Gasteiger partial charge in [-0.25, -0.2) is 0 Å². The first-order chi connectivity index (χ1) is 6.68. The smallest absolute Gasteiger partial charge is 0.0738 e. The van der Waals surface area contributed by atoms with E-state index in [0.717, 1.165) is 23.3 Å². The lowest BCUT2D eigenvalue weighted by atomic mass is 10.2. The molecule has 1 N–H and O–H groups in total. The summed E-state index contributed by atoms with van der Waals surface area (Å²) in [5.41, 5.74) is 2.32. The normalized spacial score (nSPS) is 21.8. The van der Waals surface area contributed by atoms with E-state index in [1.807, 2.05) is 6.92 Å². The van der Waals surface area contributed by atoms with Gasteiger partial charge in [0.15, 0.2) is 0 Å². The third kappa shape index (κ3) is 1.86. The first kappa shape index (κ1) is 10.2. The van der Waals surface area contributed by atoms with Gasteiger partial charge in [0.1, 0.15) is 0 Å². The fraction of sp³-hybridized carbons (Fsp3) is 0.700. The number of hydrogen-bond acceptors (Lipinski definition) is 2. The Morgan fingerprint density at radius 3 is 2.86 bits per heavy atom. The molecule has 2 heterocycles. The molecule has 0 spiro atoms. The molecule has 2 rings (SSSR count). The van der Waals surface area contributed by atoms with Crippen LogP contribution in [0.2, 0.25) is 0 Å². The second-order valence-corrected chi connectivity index (χ2v) is 4.75. The second-order valence-electron chi connectivity index (χ2n) is 3.96. The summed E-state index contributed by atoms with van der Waals surface area (Å²) in [5.74, 6) is 0. The summed E-state index contributed by atoms with van der Waals surface area (Å²) >= 11 is 3.55. The van der Waals surface area contributed by atoms with Crippen LogP contribution in [0.3, 0.4) is 0 Å². The highest BCUT2D eigenvalue weighted by Gasteiger charge is 2.17. The molecule has 78 valence electrons. The predicted molar refractivity (Wildman–Crippen MR) is 60.4 cm³/mol. The monoisotopic (exact) mass is 257 g/mol. The van der Waals surface area contributed by atoms with Gasteiger partial charge in [0.2, 0.25) is 0 Å². The van der Waals surface area contributed by atoms with Gasteiger partial charge in [-0.3, -0.25) is 4.68 Å². The van der Waals surface area contributed by atoms with Crippen LogP contribution in [0.1, 0.15) is 24.2 Å². The van der Waals surface area contributed by atoms with Crippen molar-refractivity contribution in [2.45, 2.75) is 39.3 Å². The van der Waals surface area contributed by atoms with E-state index < -0.39 is 0 Å². The zero-order valence-corrected chi connectivity index (χ0v) is 10.3. The van der Waals surface area contributed by atoms with Gasteiger partial charge in [-0.2, -0.15) is 5.10 Å². The highest BCUT2D eigenvalue weighted by atomic mass is 79.9. The van der Waals surface area contributed by atoms with Crippen LogP contribution in [0, 0.1) is 13.8 Å². The molecule has 1 aliphatic rings. The summed E-state index contributed by atoms with van der Waals surface area (Å²) in [5, 5.41) is 7.99. The lowest BCUT2D eigenvalue weighted by Crippen LogP contribution is -2.27. The van der Waals surface area contributed by atoms with Crippen molar-refractivity contribution in [2.24, 2.45) is 0 Å². The van der Waals surface area contributed by atoms with Crippen LogP contribution < -0.4 is 5.32 Å². The van der Waals surface area contributed by atoms with Gasteiger partial charge in [0.25, 0.3) is 0 Å². The average molecular weight is 258 g/mol. The molecule has 0 radical (unpaired) electrons. The van der Waals surface area contributed by atoms with Crippen LogP contribution in [0.25, 0.3) is 0 Å². The number of nitrogens with one attached hydrogen (secondary N) is 1. The van der Waals surface area contributed by atoms with Crippen molar-refractivity contribution < 1.29 is 0 Å². The summed E-state index contributed by atoms with van der Waals surface area (Å²) in [4.78, 5) is 0. The minimum absolute atomic E-state index is 0.611. The maximum Gasteiger partial charge on any atom is 0.0738 e. The van der Waals surface area contributed by atoms with E-state index in [1.54, 1.807) is 0 Å². The van der Waals surface area contributed by atoms with E-state index in [0.29, 0.717) is 6.04 Å². The van der Waals surface area contributed by atoms with Crippen LogP contribution in [-0.2, 0) is 6.54 Å². The molecule has 1 atom stereocenters. The van der Waals surface area contributed by atoms with Crippen LogP contribution in [0.5, 0.6) is 0 Å². The standard InChI is InChI=1S/C10H16BrN3/c1-7-10(11)8(2)14(13-7)6-9-4-3-5-12-9/h9,12H,3-6H2,1-2H3/t9-/m0/s1. The largest absolute Gasteiger partial charge is 0.312 e. The number of rotatable bonds is 2. The zero-order chi connectivity index (χ0) is 10.1. The molecule has 1 aromatic rings. The van der Waals surface area contributed by atoms with Crippen molar-refractivity contribution >= 4 is 15.9 Å². The van der Waals surface area contributed by atoms with E-state index in [2.05, 4.69) is 38.0 Å². The van der Waals surface area contributed by atoms with Gasteiger partial charge in [0.05, 0.1) is 16.7 Å². The molecule has 4 heteroatoms. The fourth-order valence-electron chi connectivity index (χ4n) is 1.97. The SMILES string of the molecule is Cc1nn(C[C@@H]2CCCN2)c(C)c1Br. The molecule has 1 fully saturated rings. The van der Waals surface area contributed by atoms with Crippen LogP contribution >= 0.6 is 15.9 Å². The van der Waals surface area contributed by atoms with E-state index in [1.165, 1.54) is 18.5 Å². The number of nitrogens with zero attached hydrogens (tertiary/aromatic N) is 2. The Kier molecular flexibility index (Phi) is 2.93. The molecule has 3 nitrogen and oxygen atoms in total. The Morgan fingerprint density at radius 2 is 2.36 bits per heavy atom. The first-order valence-corrected chi connectivity index (χ1v) is 5.90. The highest BCUT2D eigenvalue weighted by molar-refractivity contribution is 9.10. The van der Waals surface area contributed by atoms with Crippen molar-refractivity contribution in [3.8, 4) is 0 Å². The van der Waals surface area contributed by atoms with Crippen molar-refractivity contribution in [2.75, 3.05) is 6.54 Å². The molecule has 14 heavy (non-hydrogen) atoms. The highest BCUT2D eigenvalue weighted by Crippen LogP contribution is 2.20. The van der Waals surface area contributed by atoms with Crippen LogP contribution in [0.15, 0.2) is 4.47 Å². The van der Waals surface area contributed by atoms with E-state index in [4.69, 9.17) is 0 Å². The molecular formula is C10H16BrN3. The van der Waals surface area contributed by atoms with Crippen molar-refractivity contribution in [1.82, 2.24) is 15.1 Å². The number of hydrogen-bond donors (Lipinski definition) is 1. The van der Waals surface area contributed by atoms with Gasteiger partial charge >= 0.3 is 0 Å².